The van der Waals surface area contributed by atoms with Gasteiger partial charge in [-0.15, -0.1) is 0 Å². The molecule has 1 saturated heterocycles. The molecular weight excluding hydrogens is 342 g/mol. The third kappa shape index (κ3) is 4.73. The van der Waals surface area contributed by atoms with Crippen LogP contribution in [0.2, 0.25) is 0 Å². The molecule has 7 heteroatoms. The van der Waals surface area contributed by atoms with Gasteiger partial charge in [-0.3, -0.25) is 9.62 Å². The maximum absolute atomic E-state index is 12.1. The van der Waals surface area contributed by atoms with Gasteiger partial charge in [0.25, 0.3) is 0 Å². The maximum Gasteiger partial charge on any atom is 0.233 e. The number of benzene rings is 1. The van der Waals surface area contributed by atoms with Crippen LogP contribution in [0.4, 0.5) is 5.69 Å². The number of rotatable bonds is 5. The molecule has 0 radical (unpaired) electrons. The number of hydrogen-bond donors (Lipinski definition) is 2. The maximum atomic E-state index is 12.1. The zero-order valence-electron chi connectivity index (χ0n) is 11.5. The van der Waals surface area contributed by atoms with E-state index >= 15 is 0 Å². The molecule has 2 N–H and O–H groups in total. The molecule has 1 aliphatic rings. The molecule has 1 aromatic carbocycles. The Kier molecular flexibility index (Phi) is 5.42. The van der Waals surface area contributed by atoms with Gasteiger partial charge in [-0.1, -0.05) is 22.0 Å². The third-order valence-corrected chi connectivity index (χ3v) is 5.45. The summed E-state index contributed by atoms with van der Waals surface area (Å²) in [4.78, 5) is 2.17. The van der Waals surface area contributed by atoms with Crippen molar-refractivity contribution in [3.05, 3.63) is 28.2 Å². The van der Waals surface area contributed by atoms with Gasteiger partial charge in [0.05, 0.1) is 5.75 Å². The summed E-state index contributed by atoms with van der Waals surface area (Å²) in [6.07, 6.45) is 0. The molecule has 0 spiro atoms. The Morgan fingerprint density at radius 2 is 2.05 bits per heavy atom. The zero-order valence-corrected chi connectivity index (χ0v) is 13.9. The number of anilines is 1. The fourth-order valence-electron chi connectivity index (χ4n) is 2.07. The van der Waals surface area contributed by atoms with Gasteiger partial charge in [-0.05, 0) is 24.6 Å². The summed E-state index contributed by atoms with van der Waals surface area (Å²) in [5.41, 5.74) is 1.68. The standard InChI is InChI=1S/C13H20BrN3O2S/c1-11-2-3-12(10-13(11)14)16-20(18,19)9-8-17-6-4-15-5-7-17/h2-3,10,15-16H,4-9H2,1H3. The highest BCUT2D eigenvalue weighted by Gasteiger charge is 2.15. The van der Waals surface area contributed by atoms with Crippen molar-refractivity contribution in [2.75, 3.05) is 43.2 Å². The lowest BCUT2D eigenvalue weighted by atomic mass is 10.2. The van der Waals surface area contributed by atoms with Crippen LogP contribution in [0.5, 0.6) is 0 Å². The van der Waals surface area contributed by atoms with Crippen LogP contribution in [0.25, 0.3) is 0 Å². The van der Waals surface area contributed by atoms with E-state index in [1.807, 2.05) is 13.0 Å². The minimum atomic E-state index is -3.30. The highest BCUT2D eigenvalue weighted by molar-refractivity contribution is 9.10. The first-order chi connectivity index (χ1) is 9.46. The van der Waals surface area contributed by atoms with E-state index < -0.39 is 10.0 Å². The Labute approximate surface area is 128 Å². The van der Waals surface area contributed by atoms with Gasteiger partial charge in [0.2, 0.25) is 10.0 Å². The molecule has 0 atom stereocenters. The molecule has 0 aliphatic carbocycles. The number of hydrogen-bond acceptors (Lipinski definition) is 4. The van der Waals surface area contributed by atoms with Crippen molar-refractivity contribution in [2.45, 2.75) is 6.92 Å². The number of sulfonamides is 1. The number of aryl methyl sites for hydroxylation is 1. The molecule has 0 bridgehead atoms. The van der Waals surface area contributed by atoms with Crippen molar-refractivity contribution in [3.63, 3.8) is 0 Å². The topological polar surface area (TPSA) is 61.4 Å². The van der Waals surface area contributed by atoms with Crippen molar-refractivity contribution < 1.29 is 8.42 Å². The molecule has 1 aliphatic heterocycles. The largest absolute Gasteiger partial charge is 0.314 e. The second kappa shape index (κ2) is 6.89. The predicted molar refractivity (Wildman–Crippen MR) is 85.6 cm³/mol. The van der Waals surface area contributed by atoms with E-state index in [0.717, 1.165) is 36.2 Å². The van der Waals surface area contributed by atoms with Crippen LogP contribution in [-0.4, -0.2) is 51.8 Å². The molecule has 1 aromatic rings. The molecule has 0 saturated carbocycles. The van der Waals surface area contributed by atoms with Crippen LogP contribution in [0.3, 0.4) is 0 Å². The second-order valence-corrected chi connectivity index (χ2v) is 7.67. The van der Waals surface area contributed by atoms with E-state index in [4.69, 9.17) is 0 Å². The van der Waals surface area contributed by atoms with E-state index in [9.17, 15) is 8.42 Å². The monoisotopic (exact) mass is 361 g/mol. The molecule has 0 unspecified atom stereocenters. The van der Waals surface area contributed by atoms with Crippen molar-refractivity contribution in [1.29, 1.82) is 0 Å². The van der Waals surface area contributed by atoms with Gasteiger partial charge in [0, 0.05) is 42.9 Å². The zero-order chi connectivity index (χ0) is 14.6. The van der Waals surface area contributed by atoms with Gasteiger partial charge < -0.3 is 5.32 Å². The Morgan fingerprint density at radius 1 is 1.35 bits per heavy atom. The minimum absolute atomic E-state index is 0.124. The number of halogens is 1. The Hall–Kier alpha value is -0.630. The van der Waals surface area contributed by atoms with Gasteiger partial charge in [-0.2, -0.15) is 0 Å². The summed E-state index contributed by atoms with van der Waals surface area (Å²) in [5.74, 6) is 0.124. The summed E-state index contributed by atoms with van der Waals surface area (Å²) in [6, 6.07) is 5.46. The normalized spacial score (nSPS) is 17.1. The van der Waals surface area contributed by atoms with Crippen LogP contribution >= 0.6 is 15.9 Å². The van der Waals surface area contributed by atoms with Crippen molar-refractivity contribution in [1.82, 2.24) is 10.2 Å². The van der Waals surface area contributed by atoms with Gasteiger partial charge in [-0.25, -0.2) is 8.42 Å². The Morgan fingerprint density at radius 3 is 2.70 bits per heavy atom. The molecule has 5 nitrogen and oxygen atoms in total. The second-order valence-electron chi connectivity index (χ2n) is 4.98. The molecule has 1 fully saturated rings. The Balaban J connectivity index is 1.91. The lowest BCUT2D eigenvalue weighted by Crippen LogP contribution is -2.45. The van der Waals surface area contributed by atoms with Crippen molar-refractivity contribution in [2.24, 2.45) is 0 Å². The number of nitrogens with zero attached hydrogens (tertiary/aromatic N) is 1. The van der Waals surface area contributed by atoms with E-state index in [2.05, 4.69) is 30.9 Å². The minimum Gasteiger partial charge on any atom is -0.314 e. The molecule has 112 valence electrons. The highest BCUT2D eigenvalue weighted by Crippen LogP contribution is 2.21. The van der Waals surface area contributed by atoms with Crippen molar-refractivity contribution >= 4 is 31.6 Å². The van der Waals surface area contributed by atoms with E-state index in [-0.39, 0.29) is 5.75 Å². The third-order valence-electron chi connectivity index (χ3n) is 3.33. The highest BCUT2D eigenvalue weighted by atomic mass is 79.9. The number of piperazine rings is 1. The van der Waals surface area contributed by atoms with Gasteiger partial charge >= 0.3 is 0 Å². The average molecular weight is 362 g/mol. The van der Waals surface area contributed by atoms with Crippen LogP contribution in [0.1, 0.15) is 5.56 Å². The molecule has 0 aromatic heterocycles. The SMILES string of the molecule is Cc1ccc(NS(=O)(=O)CCN2CCNCC2)cc1Br. The lowest BCUT2D eigenvalue weighted by Gasteiger charge is -2.26. The molecule has 2 rings (SSSR count). The first kappa shape index (κ1) is 15.8. The quantitative estimate of drug-likeness (QED) is 0.832. The fraction of sp³-hybridized carbons (Fsp3) is 0.538. The van der Waals surface area contributed by atoms with Gasteiger partial charge in [0.1, 0.15) is 0 Å². The lowest BCUT2D eigenvalue weighted by molar-refractivity contribution is 0.254. The average Bonchev–Trinajstić information content (AvgIpc) is 2.42. The van der Waals surface area contributed by atoms with Crippen LogP contribution in [0.15, 0.2) is 22.7 Å². The van der Waals surface area contributed by atoms with Gasteiger partial charge in [0.15, 0.2) is 0 Å². The summed E-state index contributed by atoms with van der Waals surface area (Å²) in [7, 11) is -3.30. The molecule has 1 heterocycles. The van der Waals surface area contributed by atoms with Crippen LogP contribution in [-0.2, 0) is 10.0 Å². The predicted octanol–water partition coefficient (Wildman–Crippen LogP) is 1.40. The van der Waals surface area contributed by atoms with Crippen LogP contribution < -0.4 is 10.0 Å². The first-order valence-corrected chi connectivity index (χ1v) is 9.10. The summed E-state index contributed by atoms with van der Waals surface area (Å²) < 4.78 is 27.7. The Bertz CT molecular complexity index is 557. The van der Waals surface area contributed by atoms with Crippen LogP contribution in [0, 0.1) is 6.92 Å². The smallest absolute Gasteiger partial charge is 0.233 e. The summed E-state index contributed by atoms with van der Waals surface area (Å²) in [5, 5.41) is 3.25. The molecular formula is C13H20BrN3O2S. The molecule has 0 amide bonds. The van der Waals surface area contributed by atoms with E-state index in [0.29, 0.717) is 12.2 Å². The first-order valence-electron chi connectivity index (χ1n) is 6.66. The van der Waals surface area contributed by atoms with E-state index in [1.165, 1.54) is 0 Å². The summed E-state index contributed by atoms with van der Waals surface area (Å²) in [6.45, 7) is 6.21. The fourth-order valence-corrected chi connectivity index (χ4v) is 3.54. The molecule has 20 heavy (non-hydrogen) atoms. The number of nitrogens with one attached hydrogen (secondary N) is 2. The van der Waals surface area contributed by atoms with E-state index in [1.54, 1.807) is 12.1 Å². The summed E-state index contributed by atoms with van der Waals surface area (Å²) >= 11 is 3.41. The van der Waals surface area contributed by atoms with Crippen molar-refractivity contribution in [3.8, 4) is 0 Å².